The van der Waals surface area contributed by atoms with Crippen molar-refractivity contribution in [2.24, 2.45) is 0 Å². The van der Waals surface area contributed by atoms with Crippen molar-refractivity contribution in [2.45, 2.75) is 25.8 Å². The Balaban J connectivity index is 2.14. The fourth-order valence-corrected chi connectivity index (χ4v) is 2.07. The van der Waals surface area contributed by atoms with Crippen LogP contribution in [-0.4, -0.2) is 25.5 Å². The molecular weight excluding hydrogens is 208 g/mol. The van der Waals surface area contributed by atoms with Gasteiger partial charge in [-0.2, -0.15) is 11.3 Å². The van der Waals surface area contributed by atoms with Gasteiger partial charge in [0.05, 0.1) is 0 Å². The standard InChI is InChI=1S/C11H18N2OS/c1-9(7-10-4-6-15-8-10)13-5-3-11(14)12-2/h4,6,8-9,13H,3,5,7H2,1-2H3,(H,12,14). The first kappa shape index (κ1) is 12.2. The van der Waals surface area contributed by atoms with Crippen LogP contribution in [-0.2, 0) is 11.2 Å². The maximum Gasteiger partial charge on any atom is 0.221 e. The highest BCUT2D eigenvalue weighted by molar-refractivity contribution is 7.07. The fraction of sp³-hybridized carbons (Fsp3) is 0.545. The summed E-state index contributed by atoms with van der Waals surface area (Å²) in [6, 6.07) is 2.56. The molecule has 0 fully saturated rings. The summed E-state index contributed by atoms with van der Waals surface area (Å²) in [5.74, 6) is 0.0882. The van der Waals surface area contributed by atoms with E-state index in [1.54, 1.807) is 18.4 Å². The fourth-order valence-electron chi connectivity index (χ4n) is 1.39. The number of nitrogens with one attached hydrogen (secondary N) is 2. The Morgan fingerprint density at radius 3 is 3.00 bits per heavy atom. The Morgan fingerprint density at radius 1 is 1.60 bits per heavy atom. The Labute approximate surface area is 94.9 Å². The first-order valence-corrected chi connectivity index (χ1v) is 6.11. The SMILES string of the molecule is CNC(=O)CCNC(C)Cc1ccsc1. The maximum absolute atomic E-state index is 11.0. The van der Waals surface area contributed by atoms with Gasteiger partial charge < -0.3 is 10.6 Å². The number of carbonyl (C=O) groups is 1. The van der Waals surface area contributed by atoms with E-state index in [9.17, 15) is 4.79 Å². The smallest absolute Gasteiger partial charge is 0.221 e. The summed E-state index contributed by atoms with van der Waals surface area (Å²) in [5, 5.41) is 10.2. The molecule has 0 saturated heterocycles. The summed E-state index contributed by atoms with van der Waals surface area (Å²) in [4.78, 5) is 11.0. The van der Waals surface area contributed by atoms with Gasteiger partial charge in [-0.3, -0.25) is 4.79 Å². The van der Waals surface area contributed by atoms with Crippen molar-refractivity contribution in [1.82, 2.24) is 10.6 Å². The van der Waals surface area contributed by atoms with Gasteiger partial charge in [0.25, 0.3) is 0 Å². The lowest BCUT2D eigenvalue weighted by Gasteiger charge is -2.12. The monoisotopic (exact) mass is 226 g/mol. The summed E-state index contributed by atoms with van der Waals surface area (Å²) < 4.78 is 0. The van der Waals surface area contributed by atoms with E-state index in [2.05, 4.69) is 34.4 Å². The molecule has 1 unspecified atom stereocenters. The van der Waals surface area contributed by atoms with E-state index in [4.69, 9.17) is 0 Å². The van der Waals surface area contributed by atoms with Crippen LogP contribution in [0.4, 0.5) is 0 Å². The Hall–Kier alpha value is -0.870. The minimum Gasteiger partial charge on any atom is -0.359 e. The lowest BCUT2D eigenvalue weighted by Crippen LogP contribution is -2.32. The zero-order valence-electron chi connectivity index (χ0n) is 9.25. The second kappa shape index (κ2) is 6.58. The lowest BCUT2D eigenvalue weighted by molar-refractivity contribution is -0.120. The number of rotatable bonds is 6. The van der Waals surface area contributed by atoms with Gasteiger partial charge in [0, 0.05) is 26.1 Å². The highest BCUT2D eigenvalue weighted by Crippen LogP contribution is 2.08. The molecule has 15 heavy (non-hydrogen) atoms. The predicted octanol–water partition coefficient (Wildman–Crippen LogP) is 1.40. The van der Waals surface area contributed by atoms with Crippen molar-refractivity contribution in [1.29, 1.82) is 0 Å². The number of hydrogen-bond acceptors (Lipinski definition) is 3. The normalized spacial score (nSPS) is 12.4. The van der Waals surface area contributed by atoms with Crippen LogP contribution in [0.2, 0.25) is 0 Å². The van der Waals surface area contributed by atoms with Gasteiger partial charge in [-0.1, -0.05) is 0 Å². The van der Waals surface area contributed by atoms with Crippen LogP contribution in [0.15, 0.2) is 16.8 Å². The maximum atomic E-state index is 11.0. The van der Waals surface area contributed by atoms with E-state index in [1.807, 2.05) is 0 Å². The summed E-state index contributed by atoms with van der Waals surface area (Å²) in [6.45, 7) is 2.88. The minimum atomic E-state index is 0.0882. The third-order valence-corrected chi connectivity index (χ3v) is 2.98. The largest absolute Gasteiger partial charge is 0.359 e. The van der Waals surface area contributed by atoms with E-state index in [0.717, 1.165) is 13.0 Å². The molecular formula is C11H18N2OS. The van der Waals surface area contributed by atoms with Crippen LogP contribution >= 0.6 is 11.3 Å². The Kier molecular flexibility index (Phi) is 5.36. The Morgan fingerprint density at radius 2 is 2.40 bits per heavy atom. The second-order valence-corrected chi connectivity index (χ2v) is 4.39. The number of carbonyl (C=O) groups excluding carboxylic acids is 1. The highest BCUT2D eigenvalue weighted by atomic mass is 32.1. The van der Waals surface area contributed by atoms with E-state index in [-0.39, 0.29) is 5.91 Å². The van der Waals surface area contributed by atoms with Crippen molar-refractivity contribution in [3.8, 4) is 0 Å². The molecule has 0 radical (unpaired) electrons. The molecule has 1 rings (SSSR count). The van der Waals surface area contributed by atoms with Crippen LogP contribution in [0.5, 0.6) is 0 Å². The zero-order valence-corrected chi connectivity index (χ0v) is 10.1. The zero-order chi connectivity index (χ0) is 11.1. The van der Waals surface area contributed by atoms with Gasteiger partial charge in [-0.25, -0.2) is 0 Å². The van der Waals surface area contributed by atoms with Gasteiger partial charge in [-0.05, 0) is 35.7 Å². The van der Waals surface area contributed by atoms with Crippen molar-refractivity contribution >= 4 is 17.2 Å². The summed E-state index contributed by atoms with van der Waals surface area (Å²) in [7, 11) is 1.66. The first-order chi connectivity index (χ1) is 7.22. The number of amides is 1. The number of thiophene rings is 1. The van der Waals surface area contributed by atoms with Crippen LogP contribution in [0.25, 0.3) is 0 Å². The van der Waals surface area contributed by atoms with Gasteiger partial charge in [0.1, 0.15) is 0 Å². The van der Waals surface area contributed by atoms with Gasteiger partial charge in [0.15, 0.2) is 0 Å². The summed E-state index contributed by atoms with van der Waals surface area (Å²) in [6.07, 6.45) is 1.57. The second-order valence-electron chi connectivity index (χ2n) is 3.61. The Bertz CT molecular complexity index is 285. The molecule has 1 aromatic rings. The molecule has 0 bridgehead atoms. The molecule has 0 aliphatic heterocycles. The third-order valence-electron chi connectivity index (χ3n) is 2.25. The molecule has 0 spiro atoms. The molecule has 4 heteroatoms. The van der Waals surface area contributed by atoms with Crippen molar-refractivity contribution < 1.29 is 4.79 Å². The molecule has 0 aliphatic rings. The molecule has 1 aromatic heterocycles. The van der Waals surface area contributed by atoms with E-state index in [1.165, 1.54) is 5.56 Å². The molecule has 2 N–H and O–H groups in total. The molecule has 84 valence electrons. The van der Waals surface area contributed by atoms with Gasteiger partial charge in [-0.15, -0.1) is 0 Å². The van der Waals surface area contributed by atoms with Crippen LogP contribution in [0, 0.1) is 0 Å². The topological polar surface area (TPSA) is 41.1 Å². The molecule has 1 heterocycles. The average molecular weight is 226 g/mol. The average Bonchev–Trinajstić information content (AvgIpc) is 2.70. The van der Waals surface area contributed by atoms with Crippen molar-refractivity contribution in [3.05, 3.63) is 22.4 Å². The first-order valence-electron chi connectivity index (χ1n) is 5.17. The lowest BCUT2D eigenvalue weighted by atomic mass is 10.1. The predicted molar refractivity (Wildman–Crippen MR) is 64.2 cm³/mol. The molecule has 1 amide bonds. The minimum absolute atomic E-state index is 0.0882. The van der Waals surface area contributed by atoms with Crippen LogP contribution in [0.1, 0.15) is 18.9 Å². The quantitative estimate of drug-likeness (QED) is 0.770. The van der Waals surface area contributed by atoms with Crippen molar-refractivity contribution in [2.75, 3.05) is 13.6 Å². The van der Waals surface area contributed by atoms with Gasteiger partial charge >= 0.3 is 0 Å². The highest BCUT2D eigenvalue weighted by Gasteiger charge is 2.04. The van der Waals surface area contributed by atoms with E-state index < -0.39 is 0 Å². The van der Waals surface area contributed by atoms with Gasteiger partial charge in [0.2, 0.25) is 5.91 Å². The molecule has 3 nitrogen and oxygen atoms in total. The molecule has 0 saturated carbocycles. The van der Waals surface area contributed by atoms with Crippen LogP contribution < -0.4 is 10.6 Å². The van der Waals surface area contributed by atoms with Crippen molar-refractivity contribution in [3.63, 3.8) is 0 Å². The molecule has 0 aromatic carbocycles. The number of hydrogen-bond donors (Lipinski definition) is 2. The van der Waals surface area contributed by atoms with Crippen LogP contribution in [0.3, 0.4) is 0 Å². The molecule has 0 aliphatic carbocycles. The summed E-state index contributed by atoms with van der Waals surface area (Å²) in [5.41, 5.74) is 1.36. The summed E-state index contributed by atoms with van der Waals surface area (Å²) >= 11 is 1.72. The third kappa shape index (κ3) is 4.95. The van der Waals surface area contributed by atoms with E-state index in [0.29, 0.717) is 12.5 Å². The van der Waals surface area contributed by atoms with E-state index >= 15 is 0 Å². The molecule has 1 atom stereocenters.